The number of carbonyl (C=O) groups is 1. The molecular weight excluding hydrogens is 332 g/mol. The van der Waals surface area contributed by atoms with Crippen molar-refractivity contribution in [3.05, 3.63) is 24.3 Å². The highest BCUT2D eigenvalue weighted by Crippen LogP contribution is 2.37. The van der Waals surface area contributed by atoms with Crippen molar-refractivity contribution in [2.75, 3.05) is 0 Å². The lowest BCUT2D eigenvalue weighted by Crippen LogP contribution is -2.23. The highest BCUT2D eigenvalue weighted by atomic mass is 16.4. The SMILES string of the molecule is O=C(O)CCCC=CCC1C(O)CC(O)C1C=CC(O)C1CCCCC1. The summed E-state index contributed by atoms with van der Waals surface area (Å²) in [5.74, 6) is -0.673. The molecule has 2 fully saturated rings. The van der Waals surface area contributed by atoms with Crippen LogP contribution in [-0.2, 0) is 4.79 Å². The molecule has 0 amide bonds. The molecule has 2 rings (SSSR count). The van der Waals surface area contributed by atoms with Crippen molar-refractivity contribution >= 4 is 5.97 Å². The molecule has 148 valence electrons. The summed E-state index contributed by atoms with van der Waals surface area (Å²) in [6.45, 7) is 0. The average molecular weight is 366 g/mol. The van der Waals surface area contributed by atoms with Crippen LogP contribution in [0.3, 0.4) is 0 Å². The fraction of sp³-hybridized carbons (Fsp3) is 0.762. The quantitative estimate of drug-likeness (QED) is 0.371. The van der Waals surface area contributed by atoms with E-state index in [1.807, 2.05) is 24.3 Å². The molecule has 5 atom stereocenters. The standard InChI is InChI=1S/C21H34O5/c22-18(15-8-4-3-5-9-15)13-12-17-16(19(23)14-20(17)24)10-6-1-2-7-11-21(25)26/h1,6,12-13,15-20,22-24H,2-5,7-11,14H2,(H,25,26). The van der Waals surface area contributed by atoms with E-state index in [2.05, 4.69) is 0 Å². The monoisotopic (exact) mass is 366 g/mol. The zero-order valence-corrected chi connectivity index (χ0v) is 15.5. The molecule has 26 heavy (non-hydrogen) atoms. The molecule has 5 unspecified atom stereocenters. The van der Waals surface area contributed by atoms with Gasteiger partial charge in [-0.15, -0.1) is 0 Å². The van der Waals surface area contributed by atoms with Gasteiger partial charge in [-0.25, -0.2) is 0 Å². The molecular formula is C21H34O5. The Hall–Kier alpha value is -1.17. The lowest BCUT2D eigenvalue weighted by atomic mass is 9.84. The van der Waals surface area contributed by atoms with Crippen molar-refractivity contribution in [2.24, 2.45) is 17.8 Å². The first-order valence-electron chi connectivity index (χ1n) is 10.1. The summed E-state index contributed by atoms with van der Waals surface area (Å²) in [5.41, 5.74) is 0. The van der Waals surface area contributed by atoms with E-state index < -0.39 is 24.3 Å². The van der Waals surface area contributed by atoms with Crippen LogP contribution in [0.1, 0.15) is 64.2 Å². The van der Waals surface area contributed by atoms with Crippen LogP contribution >= 0.6 is 0 Å². The summed E-state index contributed by atoms with van der Waals surface area (Å²) in [5, 5.41) is 39.5. The van der Waals surface area contributed by atoms with Crippen molar-refractivity contribution < 1.29 is 25.2 Å². The first kappa shape index (κ1) is 21.1. The molecule has 0 aromatic carbocycles. The van der Waals surface area contributed by atoms with Crippen LogP contribution in [-0.4, -0.2) is 44.7 Å². The topological polar surface area (TPSA) is 98.0 Å². The molecule has 5 heteroatoms. The molecule has 0 aromatic rings. The first-order chi connectivity index (χ1) is 12.5. The van der Waals surface area contributed by atoms with E-state index in [1.165, 1.54) is 19.3 Å². The van der Waals surface area contributed by atoms with E-state index in [0.717, 1.165) is 12.8 Å². The molecule has 2 saturated carbocycles. The summed E-state index contributed by atoms with van der Waals surface area (Å²) in [7, 11) is 0. The molecule has 2 aliphatic rings. The third-order valence-corrected chi connectivity index (χ3v) is 5.92. The van der Waals surface area contributed by atoms with E-state index in [1.54, 1.807) is 0 Å². The zero-order chi connectivity index (χ0) is 18.9. The number of aliphatic hydroxyl groups excluding tert-OH is 3. The highest BCUT2D eigenvalue weighted by Gasteiger charge is 2.39. The third kappa shape index (κ3) is 6.53. The summed E-state index contributed by atoms with van der Waals surface area (Å²) >= 11 is 0. The van der Waals surface area contributed by atoms with Crippen LogP contribution in [0.25, 0.3) is 0 Å². The summed E-state index contributed by atoms with van der Waals surface area (Å²) in [6, 6.07) is 0. The summed E-state index contributed by atoms with van der Waals surface area (Å²) in [6.07, 6.45) is 14.3. The third-order valence-electron chi connectivity index (χ3n) is 5.92. The fourth-order valence-electron chi connectivity index (χ4n) is 4.32. The molecule has 4 N–H and O–H groups in total. The Bertz CT molecular complexity index is 481. The maximum atomic E-state index is 10.5. The predicted molar refractivity (Wildman–Crippen MR) is 101 cm³/mol. The highest BCUT2D eigenvalue weighted by molar-refractivity contribution is 5.66. The van der Waals surface area contributed by atoms with Gasteiger partial charge in [-0.1, -0.05) is 43.6 Å². The second-order valence-corrected chi connectivity index (χ2v) is 7.88. The molecule has 0 bridgehead atoms. The van der Waals surface area contributed by atoms with Gasteiger partial charge in [-0.2, -0.15) is 0 Å². The van der Waals surface area contributed by atoms with Crippen LogP contribution in [0, 0.1) is 17.8 Å². The Kier molecular flexibility index (Phi) is 8.82. The lowest BCUT2D eigenvalue weighted by molar-refractivity contribution is -0.137. The molecule has 0 radical (unpaired) electrons. The number of aliphatic carboxylic acids is 1. The van der Waals surface area contributed by atoms with Gasteiger partial charge in [0.1, 0.15) is 0 Å². The molecule has 0 saturated heterocycles. The van der Waals surface area contributed by atoms with Crippen LogP contribution in [0.15, 0.2) is 24.3 Å². The number of hydrogen-bond acceptors (Lipinski definition) is 4. The van der Waals surface area contributed by atoms with Crippen molar-refractivity contribution in [1.82, 2.24) is 0 Å². The van der Waals surface area contributed by atoms with E-state index in [0.29, 0.717) is 31.6 Å². The van der Waals surface area contributed by atoms with Crippen molar-refractivity contribution in [3.8, 4) is 0 Å². The number of allylic oxidation sites excluding steroid dienone is 2. The molecule has 0 aromatic heterocycles. The first-order valence-corrected chi connectivity index (χ1v) is 10.1. The van der Waals surface area contributed by atoms with Gasteiger partial charge in [0, 0.05) is 18.8 Å². The Morgan fingerprint density at radius 2 is 1.81 bits per heavy atom. The van der Waals surface area contributed by atoms with Crippen LogP contribution < -0.4 is 0 Å². The van der Waals surface area contributed by atoms with Gasteiger partial charge in [0.05, 0.1) is 18.3 Å². The van der Waals surface area contributed by atoms with Gasteiger partial charge in [0.15, 0.2) is 0 Å². The molecule has 5 nitrogen and oxygen atoms in total. The maximum Gasteiger partial charge on any atom is 0.303 e. The zero-order valence-electron chi connectivity index (χ0n) is 15.5. The van der Waals surface area contributed by atoms with Crippen molar-refractivity contribution in [2.45, 2.75) is 82.5 Å². The summed E-state index contributed by atoms with van der Waals surface area (Å²) < 4.78 is 0. The maximum absolute atomic E-state index is 10.5. The van der Waals surface area contributed by atoms with Gasteiger partial charge in [0.2, 0.25) is 0 Å². The largest absolute Gasteiger partial charge is 0.481 e. The smallest absolute Gasteiger partial charge is 0.303 e. The van der Waals surface area contributed by atoms with E-state index in [-0.39, 0.29) is 18.3 Å². The van der Waals surface area contributed by atoms with Gasteiger partial charge in [-0.05, 0) is 43.9 Å². The molecule has 0 aliphatic heterocycles. The Morgan fingerprint density at radius 3 is 2.50 bits per heavy atom. The van der Waals surface area contributed by atoms with E-state index in [9.17, 15) is 20.1 Å². The predicted octanol–water partition coefficient (Wildman–Crippen LogP) is 3.04. The van der Waals surface area contributed by atoms with E-state index >= 15 is 0 Å². The van der Waals surface area contributed by atoms with Crippen molar-refractivity contribution in [3.63, 3.8) is 0 Å². The summed E-state index contributed by atoms with van der Waals surface area (Å²) in [4.78, 5) is 10.5. The van der Waals surface area contributed by atoms with Crippen LogP contribution in [0.2, 0.25) is 0 Å². The minimum absolute atomic E-state index is 0.0597. The lowest BCUT2D eigenvalue weighted by Gasteiger charge is -2.25. The second kappa shape index (κ2) is 10.9. The number of carboxylic acid groups (broad SMARTS) is 1. The van der Waals surface area contributed by atoms with Gasteiger partial charge >= 0.3 is 5.97 Å². The second-order valence-electron chi connectivity index (χ2n) is 7.88. The molecule has 0 heterocycles. The Balaban J connectivity index is 1.84. The van der Waals surface area contributed by atoms with Crippen LogP contribution in [0.5, 0.6) is 0 Å². The van der Waals surface area contributed by atoms with Gasteiger partial charge < -0.3 is 20.4 Å². The van der Waals surface area contributed by atoms with Crippen molar-refractivity contribution in [1.29, 1.82) is 0 Å². The number of hydrogen-bond donors (Lipinski definition) is 4. The average Bonchev–Trinajstić information content (AvgIpc) is 2.89. The van der Waals surface area contributed by atoms with Gasteiger partial charge in [-0.3, -0.25) is 4.79 Å². The number of unbranched alkanes of at least 4 members (excludes halogenated alkanes) is 1. The number of rotatable bonds is 9. The molecule has 2 aliphatic carbocycles. The minimum Gasteiger partial charge on any atom is -0.481 e. The van der Waals surface area contributed by atoms with Crippen LogP contribution in [0.4, 0.5) is 0 Å². The number of carboxylic acids is 1. The van der Waals surface area contributed by atoms with Gasteiger partial charge in [0.25, 0.3) is 0 Å². The normalized spacial score (nSPS) is 31.8. The van der Waals surface area contributed by atoms with E-state index in [4.69, 9.17) is 5.11 Å². The fourth-order valence-corrected chi connectivity index (χ4v) is 4.32. The number of aliphatic hydroxyl groups is 3. The minimum atomic E-state index is -0.783. The molecule has 0 spiro atoms. The Morgan fingerprint density at radius 1 is 1.08 bits per heavy atom. The Labute approximate surface area is 156 Å².